The van der Waals surface area contributed by atoms with Crippen molar-refractivity contribution in [1.29, 1.82) is 0 Å². The number of benzene rings is 1. The number of carbonyl (C=O) groups is 2. The zero-order valence-electron chi connectivity index (χ0n) is 13.0. The van der Waals surface area contributed by atoms with Crippen LogP contribution in [0.5, 0.6) is 0 Å². The molecule has 0 unspecified atom stereocenters. The van der Waals surface area contributed by atoms with E-state index in [9.17, 15) is 18.4 Å². The van der Waals surface area contributed by atoms with E-state index in [4.69, 9.17) is 4.74 Å². The summed E-state index contributed by atoms with van der Waals surface area (Å²) in [6.07, 6.45) is 2.64. The quantitative estimate of drug-likeness (QED) is 0.846. The molecule has 126 valence electrons. The molecule has 1 aromatic carbocycles. The molecular formula is C16H15F2N3O3. The average molecular weight is 335 g/mol. The fourth-order valence-electron chi connectivity index (χ4n) is 1.92. The van der Waals surface area contributed by atoms with E-state index >= 15 is 0 Å². The number of hydrogen-bond acceptors (Lipinski definition) is 5. The van der Waals surface area contributed by atoms with Crippen LogP contribution in [-0.4, -0.2) is 28.5 Å². The van der Waals surface area contributed by atoms with Gasteiger partial charge < -0.3 is 10.1 Å². The first-order chi connectivity index (χ1) is 11.4. The van der Waals surface area contributed by atoms with Crippen LogP contribution in [0, 0.1) is 18.6 Å². The van der Waals surface area contributed by atoms with Crippen molar-refractivity contribution in [2.75, 3.05) is 6.61 Å². The summed E-state index contributed by atoms with van der Waals surface area (Å²) in [5.74, 6) is -2.89. The summed E-state index contributed by atoms with van der Waals surface area (Å²) in [5, 5.41) is 2.46. The van der Waals surface area contributed by atoms with Crippen LogP contribution >= 0.6 is 0 Å². The van der Waals surface area contributed by atoms with Gasteiger partial charge in [0.15, 0.2) is 12.3 Å². The Morgan fingerprint density at radius 2 is 2.00 bits per heavy atom. The van der Waals surface area contributed by atoms with Crippen molar-refractivity contribution in [1.82, 2.24) is 15.3 Å². The molecule has 0 aliphatic rings. The smallest absolute Gasteiger partial charge is 0.359 e. The lowest BCUT2D eigenvalue weighted by atomic mass is 10.1. The predicted molar refractivity (Wildman–Crippen MR) is 80.0 cm³/mol. The summed E-state index contributed by atoms with van der Waals surface area (Å²) in [6, 6.07) is 2.35. The summed E-state index contributed by atoms with van der Waals surface area (Å²) in [4.78, 5) is 31.2. The van der Waals surface area contributed by atoms with Crippen LogP contribution in [0.2, 0.25) is 0 Å². The molecule has 2 rings (SSSR count). The normalized spacial score (nSPS) is 11.7. The molecule has 0 saturated carbocycles. The minimum Gasteiger partial charge on any atom is -0.451 e. The molecule has 0 aliphatic heterocycles. The van der Waals surface area contributed by atoms with Crippen LogP contribution < -0.4 is 5.32 Å². The molecule has 0 saturated heterocycles. The Kier molecular flexibility index (Phi) is 5.51. The van der Waals surface area contributed by atoms with E-state index in [0.717, 1.165) is 12.1 Å². The first kappa shape index (κ1) is 17.5. The number of nitrogens with one attached hydrogen (secondary N) is 1. The second-order valence-electron chi connectivity index (χ2n) is 5.07. The Morgan fingerprint density at radius 3 is 2.62 bits per heavy atom. The standard InChI is InChI=1S/C16H15F2N3O3/c1-9-6-20-14(7-19-9)16(23)24-8-15(22)21-10(2)12-4-3-11(17)5-13(12)18/h3-7,10H,8H2,1-2H3,(H,21,22)/t10-/m0/s1. The van der Waals surface area contributed by atoms with E-state index in [0.29, 0.717) is 5.69 Å². The van der Waals surface area contributed by atoms with Crippen molar-refractivity contribution in [2.24, 2.45) is 0 Å². The van der Waals surface area contributed by atoms with Gasteiger partial charge in [0.05, 0.1) is 17.9 Å². The van der Waals surface area contributed by atoms with Gasteiger partial charge in [-0.1, -0.05) is 6.07 Å². The number of aryl methyl sites for hydroxylation is 1. The molecule has 1 heterocycles. The van der Waals surface area contributed by atoms with Gasteiger partial charge in [0, 0.05) is 17.8 Å². The average Bonchev–Trinajstić information content (AvgIpc) is 2.53. The summed E-state index contributed by atoms with van der Waals surface area (Å²) in [6.45, 7) is 2.69. The van der Waals surface area contributed by atoms with Crippen molar-refractivity contribution in [2.45, 2.75) is 19.9 Å². The van der Waals surface area contributed by atoms with Crippen molar-refractivity contribution in [3.05, 3.63) is 59.2 Å². The number of nitrogens with zero attached hydrogens (tertiary/aromatic N) is 2. The number of esters is 1. The molecule has 8 heteroatoms. The molecule has 0 spiro atoms. The highest BCUT2D eigenvalue weighted by Crippen LogP contribution is 2.17. The lowest BCUT2D eigenvalue weighted by Gasteiger charge is -2.15. The van der Waals surface area contributed by atoms with Crippen LogP contribution in [0.4, 0.5) is 8.78 Å². The zero-order valence-corrected chi connectivity index (χ0v) is 13.0. The molecule has 1 amide bonds. The molecule has 0 bridgehead atoms. The van der Waals surface area contributed by atoms with E-state index in [1.807, 2.05) is 0 Å². The largest absolute Gasteiger partial charge is 0.451 e. The number of aromatic nitrogens is 2. The topological polar surface area (TPSA) is 81.2 Å². The number of amides is 1. The Bertz CT molecular complexity index is 751. The third kappa shape index (κ3) is 4.55. The number of hydrogen-bond donors (Lipinski definition) is 1. The van der Waals surface area contributed by atoms with E-state index in [-0.39, 0.29) is 11.3 Å². The molecule has 0 radical (unpaired) electrons. The zero-order chi connectivity index (χ0) is 17.7. The van der Waals surface area contributed by atoms with Gasteiger partial charge in [-0.25, -0.2) is 18.6 Å². The Labute approximate surface area is 136 Å². The van der Waals surface area contributed by atoms with Crippen LogP contribution in [0.1, 0.15) is 34.7 Å². The lowest BCUT2D eigenvalue weighted by molar-refractivity contribution is -0.124. The molecule has 1 atom stereocenters. The number of carbonyl (C=O) groups excluding carboxylic acids is 2. The molecule has 1 aromatic heterocycles. The van der Waals surface area contributed by atoms with Crippen LogP contribution in [-0.2, 0) is 9.53 Å². The maximum atomic E-state index is 13.6. The summed E-state index contributed by atoms with van der Waals surface area (Å²) >= 11 is 0. The molecule has 24 heavy (non-hydrogen) atoms. The second kappa shape index (κ2) is 7.58. The Morgan fingerprint density at radius 1 is 1.25 bits per heavy atom. The van der Waals surface area contributed by atoms with Gasteiger partial charge in [0.1, 0.15) is 11.6 Å². The van der Waals surface area contributed by atoms with Crippen molar-refractivity contribution >= 4 is 11.9 Å². The van der Waals surface area contributed by atoms with Crippen molar-refractivity contribution in [3.8, 4) is 0 Å². The van der Waals surface area contributed by atoms with Crippen LogP contribution in [0.3, 0.4) is 0 Å². The minimum atomic E-state index is -0.793. The first-order valence-electron chi connectivity index (χ1n) is 7.07. The Hall–Kier alpha value is -2.90. The first-order valence-corrected chi connectivity index (χ1v) is 7.07. The number of halogens is 2. The molecule has 0 aliphatic carbocycles. The minimum absolute atomic E-state index is 0.0222. The number of ether oxygens (including phenoxy) is 1. The van der Waals surface area contributed by atoms with Gasteiger partial charge in [-0.05, 0) is 19.9 Å². The van der Waals surface area contributed by atoms with E-state index in [2.05, 4.69) is 15.3 Å². The third-order valence-electron chi connectivity index (χ3n) is 3.13. The highest BCUT2D eigenvalue weighted by Gasteiger charge is 2.16. The number of rotatable bonds is 5. The predicted octanol–water partition coefficient (Wildman–Crippen LogP) is 2.10. The third-order valence-corrected chi connectivity index (χ3v) is 3.13. The van der Waals surface area contributed by atoms with Crippen LogP contribution in [0.25, 0.3) is 0 Å². The van der Waals surface area contributed by atoms with E-state index in [1.54, 1.807) is 6.92 Å². The molecular weight excluding hydrogens is 320 g/mol. The molecule has 0 fully saturated rings. The van der Waals surface area contributed by atoms with Gasteiger partial charge in [-0.3, -0.25) is 9.78 Å². The van der Waals surface area contributed by atoms with Gasteiger partial charge in [-0.2, -0.15) is 0 Å². The Balaban J connectivity index is 1.88. The SMILES string of the molecule is Cc1cnc(C(=O)OCC(=O)N[C@@H](C)c2ccc(F)cc2F)cn1. The highest BCUT2D eigenvalue weighted by atomic mass is 19.1. The summed E-state index contributed by atoms with van der Waals surface area (Å²) < 4.78 is 31.3. The van der Waals surface area contributed by atoms with Gasteiger partial charge in [0.25, 0.3) is 5.91 Å². The van der Waals surface area contributed by atoms with E-state index < -0.39 is 36.2 Å². The van der Waals surface area contributed by atoms with Crippen LogP contribution in [0.15, 0.2) is 30.6 Å². The monoisotopic (exact) mass is 335 g/mol. The summed E-state index contributed by atoms with van der Waals surface area (Å²) in [7, 11) is 0. The van der Waals surface area contributed by atoms with Crippen molar-refractivity contribution in [3.63, 3.8) is 0 Å². The maximum absolute atomic E-state index is 13.6. The molecule has 1 N–H and O–H groups in total. The highest BCUT2D eigenvalue weighted by molar-refractivity contribution is 5.89. The lowest BCUT2D eigenvalue weighted by Crippen LogP contribution is -2.31. The fourth-order valence-corrected chi connectivity index (χ4v) is 1.92. The second-order valence-corrected chi connectivity index (χ2v) is 5.07. The molecule has 2 aromatic rings. The van der Waals surface area contributed by atoms with Gasteiger partial charge in [0.2, 0.25) is 0 Å². The summed E-state index contributed by atoms with van der Waals surface area (Å²) in [5.41, 5.74) is 0.742. The van der Waals surface area contributed by atoms with E-state index in [1.165, 1.54) is 25.4 Å². The van der Waals surface area contributed by atoms with Crippen molar-refractivity contribution < 1.29 is 23.1 Å². The molecule has 6 nitrogen and oxygen atoms in total. The van der Waals surface area contributed by atoms with Gasteiger partial charge in [-0.15, -0.1) is 0 Å². The maximum Gasteiger partial charge on any atom is 0.359 e. The van der Waals surface area contributed by atoms with Gasteiger partial charge >= 0.3 is 5.97 Å². The fraction of sp³-hybridized carbons (Fsp3) is 0.250.